The number of hydrogen-bond donors (Lipinski definition) is 0. The SMILES string of the molecule is CC(=O)N1C(=O)[C@H]2C[C@@H]3c4ccccc4N(C(C)=O)[C@@H]3N2C(=O)[C@@H]1C. The van der Waals surface area contributed by atoms with E-state index in [-0.39, 0.29) is 23.6 Å². The summed E-state index contributed by atoms with van der Waals surface area (Å²) in [5, 5.41) is 0. The average molecular weight is 341 g/mol. The fraction of sp³-hybridized carbons (Fsp3) is 0.444. The van der Waals surface area contributed by atoms with Gasteiger partial charge in [-0.3, -0.25) is 29.0 Å². The van der Waals surface area contributed by atoms with E-state index in [1.807, 2.05) is 24.3 Å². The van der Waals surface area contributed by atoms with Crippen molar-refractivity contribution in [2.45, 2.75) is 51.4 Å². The molecule has 3 aliphatic heterocycles. The number of fused-ring (bicyclic) bond motifs is 5. The van der Waals surface area contributed by atoms with Crippen LogP contribution in [0.5, 0.6) is 0 Å². The molecule has 4 amide bonds. The molecule has 0 bridgehead atoms. The van der Waals surface area contributed by atoms with Gasteiger partial charge in [-0.25, -0.2) is 0 Å². The van der Waals surface area contributed by atoms with E-state index in [2.05, 4.69) is 0 Å². The van der Waals surface area contributed by atoms with Crippen LogP contribution in [0.15, 0.2) is 24.3 Å². The molecule has 1 aromatic carbocycles. The third kappa shape index (κ3) is 1.92. The first-order valence-electron chi connectivity index (χ1n) is 8.39. The Morgan fingerprint density at radius 3 is 2.28 bits per heavy atom. The molecule has 7 nitrogen and oxygen atoms in total. The van der Waals surface area contributed by atoms with Crippen molar-refractivity contribution in [2.24, 2.45) is 0 Å². The topological polar surface area (TPSA) is 78.0 Å². The minimum absolute atomic E-state index is 0.114. The molecular weight excluding hydrogens is 322 g/mol. The van der Waals surface area contributed by atoms with Crippen LogP contribution in [0.3, 0.4) is 0 Å². The standard InChI is InChI=1S/C18H19N3O4/c1-9-17(24)21-15(18(25)19(9)10(2)22)8-13-12-6-4-5-7-14(12)20(11(3)23)16(13)21/h4-7,9,13,15-16H,8H2,1-3H3/t9-,13+,15+,16+/m0/s1. The summed E-state index contributed by atoms with van der Waals surface area (Å²) >= 11 is 0. The lowest BCUT2D eigenvalue weighted by Crippen LogP contribution is -2.66. The van der Waals surface area contributed by atoms with Crippen molar-refractivity contribution in [3.05, 3.63) is 29.8 Å². The maximum atomic E-state index is 13.0. The highest BCUT2D eigenvalue weighted by atomic mass is 16.2. The predicted molar refractivity (Wildman–Crippen MR) is 88.4 cm³/mol. The first kappa shape index (κ1) is 15.8. The fourth-order valence-electron chi connectivity index (χ4n) is 4.57. The molecular formula is C18H19N3O4. The summed E-state index contributed by atoms with van der Waals surface area (Å²) in [4.78, 5) is 54.1. The number of nitrogens with zero attached hydrogens (tertiary/aromatic N) is 3. The second kappa shape index (κ2) is 5.15. The Morgan fingerprint density at radius 1 is 1.00 bits per heavy atom. The minimum atomic E-state index is -0.850. The van der Waals surface area contributed by atoms with Gasteiger partial charge in [-0.05, 0) is 25.0 Å². The number of carbonyl (C=O) groups is 4. The highest BCUT2D eigenvalue weighted by Gasteiger charge is 2.59. The molecule has 0 N–H and O–H groups in total. The van der Waals surface area contributed by atoms with Crippen molar-refractivity contribution >= 4 is 29.3 Å². The number of anilines is 1. The van der Waals surface area contributed by atoms with Crippen LogP contribution in [-0.2, 0) is 19.2 Å². The Kier molecular flexibility index (Phi) is 3.25. The van der Waals surface area contributed by atoms with Crippen LogP contribution in [0.2, 0.25) is 0 Å². The van der Waals surface area contributed by atoms with Crippen molar-refractivity contribution in [3.8, 4) is 0 Å². The third-order valence-electron chi connectivity index (χ3n) is 5.52. The fourth-order valence-corrected chi connectivity index (χ4v) is 4.57. The number of rotatable bonds is 0. The summed E-state index contributed by atoms with van der Waals surface area (Å²) in [6.45, 7) is 4.32. The van der Waals surface area contributed by atoms with Crippen molar-refractivity contribution in [3.63, 3.8) is 0 Å². The Labute approximate surface area is 145 Å². The van der Waals surface area contributed by atoms with Gasteiger partial charge in [-0.1, -0.05) is 18.2 Å². The zero-order chi connectivity index (χ0) is 18.0. The smallest absolute Gasteiger partial charge is 0.252 e. The van der Waals surface area contributed by atoms with Gasteiger partial charge in [-0.15, -0.1) is 0 Å². The van der Waals surface area contributed by atoms with Gasteiger partial charge in [0.15, 0.2) is 0 Å². The van der Waals surface area contributed by atoms with E-state index in [4.69, 9.17) is 0 Å². The van der Waals surface area contributed by atoms with Gasteiger partial charge in [0, 0.05) is 25.5 Å². The maximum Gasteiger partial charge on any atom is 0.252 e. The van der Waals surface area contributed by atoms with E-state index in [1.165, 1.54) is 18.7 Å². The molecule has 0 spiro atoms. The first-order chi connectivity index (χ1) is 11.8. The van der Waals surface area contributed by atoms with E-state index in [1.54, 1.807) is 11.8 Å². The summed E-state index contributed by atoms with van der Waals surface area (Å²) in [6, 6.07) is 6.01. The highest BCUT2D eigenvalue weighted by molar-refractivity contribution is 6.07. The summed E-state index contributed by atoms with van der Waals surface area (Å²) in [6.07, 6.45) is -0.0695. The summed E-state index contributed by atoms with van der Waals surface area (Å²) in [5.41, 5.74) is 1.77. The third-order valence-corrected chi connectivity index (χ3v) is 5.52. The van der Waals surface area contributed by atoms with E-state index < -0.39 is 24.2 Å². The number of piperazine rings is 1. The van der Waals surface area contributed by atoms with Crippen LogP contribution in [0.4, 0.5) is 5.69 Å². The number of hydrogen-bond acceptors (Lipinski definition) is 4. The van der Waals surface area contributed by atoms with Crippen molar-refractivity contribution in [1.29, 1.82) is 0 Å². The van der Waals surface area contributed by atoms with Gasteiger partial charge >= 0.3 is 0 Å². The van der Waals surface area contributed by atoms with Crippen molar-refractivity contribution in [2.75, 3.05) is 4.90 Å². The lowest BCUT2D eigenvalue weighted by Gasteiger charge is -2.43. The second-order valence-corrected chi connectivity index (χ2v) is 6.87. The van der Waals surface area contributed by atoms with Gasteiger partial charge in [0.25, 0.3) is 5.91 Å². The number of para-hydroxylation sites is 1. The molecule has 3 heterocycles. The zero-order valence-electron chi connectivity index (χ0n) is 14.3. The average Bonchev–Trinajstić information content (AvgIpc) is 3.07. The molecule has 130 valence electrons. The molecule has 0 aromatic heterocycles. The summed E-state index contributed by atoms with van der Waals surface area (Å²) in [5.74, 6) is -1.34. The van der Waals surface area contributed by atoms with Crippen LogP contribution in [0.1, 0.15) is 38.7 Å². The van der Waals surface area contributed by atoms with E-state index in [9.17, 15) is 19.2 Å². The number of benzene rings is 1. The van der Waals surface area contributed by atoms with E-state index in [0.717, 1.165) is 16.2 Å². The zero-order valence-corrected chi connectivity index (χ0v) is 14.3. The van der Waals surface area contributed by atoms with Crippen LogP contribution in [-0.4, -0.2) is 51.7 Å². The van der Waals surface area contributed by atoms with Gasteiger partial charge in [0.05, 0.1) is 0 Å². The molecule has 0 aliphatic carbocycles. The monoisotopic (exact) mass is 341 g/mol. The van der Waals surface area contributed by atoms with Gasteiger partial charge in [-0.2, -0.15) is 0 Å². The van der Waals surface area contributed by atoms with Gasteiger partial charge < -0.3 is 4.90 Å². The molecule has 4 atom stereocenters. The molecule has 2 fully saturated rings. The van der Waals surface area contributed by atoms with Gasteiger partial charge in [0.1, 0.15) is 18.2 Å². The molecule has 3 aliphatic rings. The van der Waals surface area contributed by atoms with E-state index in [0.29, 0.717) is 6.42 Å². The minimum Gasteiger partial charge on any atom is -0.307 e. The Morgan fingerprint density at radius 2 is 1.64 bits per heavy atom. The lowest BCUT2D eigenvalue weighted by atomic mass is 9.96. The maximum absolute atomic E-state index is 13.0. The van der Waals surface area contributed by atoms with Crippen LogP contribution >= 0.6 is 0 Å². The highest BCUT2D eigenvalue weighted by Crippen LogP contribution is 2.51. The number of imide groups is 1. The molecule has 25 heavy (non-hydrogen) atoms. The number of amides is 4. The van der Waals surface area contributed by atoms with Crippen LogP contribution in [0.25, 0.3) is 0 Å². The largest absolute Gasteiger partial charge is 0.307 e. The molecule has 7 heteroatoms. The first-order valence-corrected chi connectivity index (χ1v) is 8.39. The number of carbonyl (C=O) groups excluding carboxylic acids is 4. The molecule has 0 saturated carbocycles. The predicted octanol–water partition coefficient (Wildman–Crippen LogP) is 0.841. The van der Waals surface area contributed by atoms with Crippen molar-refractivity contribution < 1.29 is 19.2 Å². The van der Waals surface area contributed by atoms with Gasteiger partial charge in [0.2, 0.25) is 17.7 Å². The molecule has 1 aromatic rings. The van der Waals surface area contributed by atoms with Crippen LogP contribution < -0.4 is 4.90 Å². The molecule has 0 radical (unpaired) electrons. The Balaban J connectivity index is 1.82. The normalized spacial score (nSPS) is 30.3. The van der Waals surface area contributed by atoms with E-state index >= 15 is 0 Å². The molecule has 0 unspecified atom stereocenters. The Bertz CT molecular complexity index is 820. The Hall–Kier alpha value is -2.70. The lowest BCUT2D eigenvalue weighted by molar-refractivity contribution is -0.166. The summed E-state index contributed by atoms with van der Waals surface area (Å²) < 4.78 is 0. The second-order valence-electron chi connectivity index (χ2n) is 6.87. The quantitative estimate of drug-likeness (QED) is 0.701. The molecule has 4 rings (SSSR count). The van der Waals surface area contributed by atoms with Crippen molar-refractivity contribution in [1.82, 2.24) is 9.80 Å². The van der Waals surface area contributed by atoms with Crippen LogP contribution in [0, 0.1) is 0 Å². The molecule has 2 saturated heterocycles. The summed E-state index contributed by atoms with van der Waals surface area (Å²) in [7, 11) is 0.